The Morgan fingerprint density at radius 1 is 0.319 bits per heavy atom. The first-order valence-electron chi connectivity index (χ1n) is 31.8. The van der Waals surface area contributed by atoms with Crippen molar-refractivity contribution in [1.82, 2.24) is 0 Å². The van der Waals surface area contributed by atoms with Gasteiger partial charge in [-0.1, -0.05) is 313 Å². The molecule has 0 N–H and O–H groups in total. The van der Waals surface area contributed by atoms with Crippen LogP contribution in [0.3, 0.4) is 0 Å². The number of ether oxygens (including phenoxy) is 3. The highest BCUT2D eigenvalue weighted by Gasteiger charge is 2.17. The number of unbranched alkanes of at least 4 members (excludes halogenated alkanes) is 38. The minimum atomic E-state index is -0.548. The van der Waals surface area contributed by atoms with Crippen LogP contribution in [0.15, 0.2) is 60.8 Å². The molecule has 1 atom stereocenters. The highest BCUT2D eigenvalue weighted by Crippen LogP contribution is 2.17. The van der Waals surface area contributed by atoms with E-state index in [-0.39, 0.29) is 25.2 Å². The van der Waals surface area contributed by atoms with E-state index in [1.165, 1.54) is 218 Å². The van der Waals surface area contributed by atoms with E-state index in [1.54, 1.807) is 0 Å². The molecule has 72 heavy (non-hydrogen) atoms. The van der Waals surface area contributed by atoms with Crippen molar-refractivity contribution in [2.24, 2.45) is 0 Å². The fourth-order valence-electron chi connectivity index (χ4n) is 9.36. The molecule has 0 aromatic heterocycles. The molecule has 420 valence electrons. The maximum atomic E-state index is 12.9. The maximum Gasteiger partial charge on any atom is 0.306 e. The third kappa shape index (κ3) is 60.2. The average molecular weight is 1010 g/mol. The van der Waals surface area contributed by atoms with Gasteiger partial charge in [-0.3, -0.25) is 9.59 Å². The van der Waals surface area contributed by atoms with E-state index >= 15 is 0 Å². The van der Waals surface area contributed by atoms with Gasteiger partial charge in [-0.25, -0.2) is 0 Å². The lowest BCUT2D eigenvalue weighted by molar-refractivity contribution is -0.163. The molecule has 0 spiro atoms. The third-order valence-corrected chi connectivity index (χ3v) is 14.1. The normalized spacial score (nSPS) is 12.5. The van der Waals surface area contributed by atoms with Crippen molar-refractivity contribution >= 4 is 11.9 Å². The van der Waals surface area contributed by atoms with Crippen LogP contribution >= 0.6 is 0 Å². The summed E-state index contributed by atoms with van der Waals surface area (Å²) < 4.78 is 17.5. The van der Waals surface area contributed by atoms with Gasteiger partial charge in [0.25, 0.3) is 0 Å². The van der Waals surface area contributed by atoms with E-state index in [1.807, 2.05) is 0 Å². The molecule has 0 heterocycles. The molecular formula is C67H122O5. The summed E-state index contributed by atoms with van der Waals surface area (Å²) >= 11 is 0. The van der Waals surface area contributed by atoms with E-state index < -0.39 is 6.10 Å². The lowest BCUT2D eigenvalue weighted by Crippen LogP contribution is -2.30. The molecule has 0 aliphatic rings. The van der Waals surface area contributed by atoms with Crippen LogP contribution in [0.5, 0.6) is 0 Å². The summed E-state index contributed by atoms with van der Waals surface area (Å²) in [6.45, 7) is 7.75. The summed E-state index contributed by atoms with van der Waals surface area (Å²) in [4.78, 5) is 25.6. The SMILES string of the molecule is CC/C=C\C/C=C\C/C=C\C/C=C\C/C=C\CCCCCC(=O)OCC(COCCCCCCCCCCCCCCCCCCCC)OC(=O)CCCCCCCCCCCCCCCCCCCCC. The second kappa shape index (κ2) is 62.9. The molecular weight excluding hydrogens is 885 g/mol. The quantitative estimate of drug-likeness (QED) is 0.0345. The van der Waals surface area contributed by atoms with Crippen molar-refractivity contribution in [1.29, 1.82) is 0 Å². The van der Waals surface area contributed by atoms with Gasteiger partial charge in [0.1, 0.15) is 6.61 Å². The largest absolute Gasteiger partial charge is 0.462 e. The Morgan fingerprint density at radius 2 is 0.625 bits per heavy atom. The van der Waals surface area contributed by atoms with E-state index in [9.17, 15) is 9.59 Å². The molecule has 5 nitrogen and oxygen atoms in total. The van der Waals surface area contributed by atoms with Crippen LogP contribution in [0.2, 0.25) is 0 Å². The first kappa shape index (κ1) is 69.6. The van der Waals surface area contributed by atoms with Gasteiger partial charge in [-0.15, -0.1) is 0 Å². The zero-order valence-electron chi connectivity index (χ0n) is 48.5. The van der Waals surface area contributed by atoms with Gasteiger partial charge in [-0.05, 0) is 64.2 Å². The number of esters is 2. The smallest absolute Gasteiger partial charge is 0.306 e. The summed E-state index contributed by atoms with van der Waals surface area (Å²) in [5, 5.41) is 0. The Labute approximate surface area is 449 Å². The Morgan fingerprint density at radius 3 is 1.00 bits per heavy atom. The van der Waals surface area contributed by atoms with E-state index in [4.69, 9.17) is 14.2 Å². The number of carbonyl (C=O) groups excluding carboxylic acids is 2. The molecule has 0 bridgehead atoms. The standard InChI is InChI=1S/C67H122O5/c1-4-7-10-13-16-19-22-25-28-31-34-36-39-42-45-48-51-54-57-60-66(68)71-64-65(63-70-62-59-56-53-50-47-44-41-38-33-30-27-24-21-18-15-12-9-6-3)72-67(69)61-58-55-52-49-46-43-40-37-35-32-29-26-23-20-17-14-11-8-5-2/h7,10,16,19,25,28,34,36,42,45,65H,4-6,8-9,11-15,17-18,20-24,26-27,29-33,35,37-41,43-44,46-64H2,1-3H3/b10-7-,19-16-,28-25-,36-34-,45-42-. The molecule has 0 aromatic carbocycles. The second-order valence-corrected chi connectivity index (χ2v) is 21.3. The molecule has 0 saturated carbocycles. The van der Waals surface area contributed by atoms with Crippen molar-refractivity contribution in [2.45, 2.75) is 335 Å². The summed E-state index contributed by atoms with van der Waals surface area (Å²) in [7, 11) is 0. The van der Waals surface area contributed by atoms with E-state index in [2.05, 4.69) is 81.5 Å². The molecule has 0 rings (SSSR count). The van der Waals surface area contributed by atoms with E-state index in [0.717, 1.165) is 77.0 Å². The van der Waals surface area contributed by atoms with Crippen LogP contribution in [0.1, 0.15) is 329 Å². The molecule has 0 aliphatic heterocycles. The maximum absolute atomic E-state index is 12.9. The average Bonchev–Trinajstić information content (AvgIpc) is 3.38. The van der Waals surface area contributed by atoms with Crippen molar-refractivity contribution in [3.8, 4) is 0 Å². The van der Waals surface area contributed by atoms with Gasteiger partial charge >= 0.3 is 11.9 Å². The van der Waals surface area contributed by atoms with Crippen LogP contribution in [0.25, 0.3) is 0 Å². The van der Waals surface area contributed by atoms with Crippen LogP contribution in [0.4, 0.5) is 0 Å². The number of allylic oxidation sites excluding steroid dienone is 10. The number of carbonyl (C=O) groups is 2. The minimum Gasteiger partial charge on any atom is -0.462 e. The zero-order valence-corrected chi connectivity index (χ0v) is 48.5. The fourth-order valence-corrected chi connectivity index (χ4v) is 9.36. The predicted molar refractivity (Wildman–Crippen MR) is 316 cm³/mol. The van der Waals surface area contributed by atoms with E-state index in [0.29, 0.717) is 19.4 Å². The van der Waals surface area contributed by atoms with Gasteiger partial charge < -0.3 is 14.2 Å². The van der Waals surface area contributed by atoms with Gasteiger partial charge in [0.2, 0.25) is 0 Å². The number of hydrogen-bond donors (Lipinski definition) is 0. The monoisotopic (exact) mass is 1010 g/mol. The van der Waals surface area contributed by atoms with Gasteiger partial charge in [-0.2, -0.15) is 0 Å². The molecule has 0 amide bonds. The molecule has 0 aromatic rings. The molecule has 0 fully saturated rings. The Balaban J connectivity index is 4.29. The topological polar surface area (TPSA) is 61.8 Å². The minimum absolute atomic E-state index is 0.0723. The van der Waals surface area contributed by atoms with Crippen LogP contribution in [-0.2, 0) is 23.8 Å². The fraction of sp³-hybridized carbons (Fsp3) is 0.821. The summed E-state index contributed by atoms with van der Waals surface area (Å²) in [6.07, 6.45) is 81.2. The van der Waals surface area contributed by atoms with Crippen molar-refractivity contribution in [3.63, 3.8) is 0 Å². The summed E-state index contributed by atoms with van der Waals surface area (Å²) in [6, 6.07) is 0. The summed E-state index contributed by atoms with van der Waals surface area (Å²) in [5.41, 5.74) is 0. The molecule has 0 aliphatic carbocycles. The van der Waals surface area contributed by atoms with Crippen molar-refractivity contribution in [2.75, 3.05) is 19.8 Å². The van der Waals surface area contributed by atoms with Crippen LogP contribution in [-0.4, -0.2) is 37.9 Å². The lowest BCUT2D eigenvalue weighted by Gasteiger charge is -2.18. The van der Waals surface area contributed by atoms with Crippen molar-refractivity contribution in [3.05, 3.63) is 60.8 Å². The zero-order chi connectivity index (χ0) is 52.0. The Kier molecular flexibility index (Phi) is 60.8. The molecule has 0 saturated heterocycles. The predicted octanol–water partition coefficient (Wildman–Crippen LogP) is 22.0. The molecule has 0 radical (unpaired) electrons. The van der Waals surface area contributed by atoms with Gasteiger partial charge in [0.15, 0.2) is 6.10 Å². The first-order valence-corrected chi connectivity index (χ1v) is 31.8. The Bertz CT molecular complexity index is 1230. The molecule has 5 heteroatoms. The summed E-state index contributed by atoms with van der Waals surface area (Å²) in [5.74, 6) is -0.414. The number of rotatable bonds is 59. The van der Waals surface area contributed by atoms with Crippen LogP contribution < -0.4 is 0 Å². The lowest BCUT2D eigenvalue weighted by atomic mass is 10.0. The highest BCUT2D eigenvalue weighted by molar-refractivity contribution is 5.70. The molecule has 1 unspecified atom stereocenters. The highest BCUT2D eigenvalue weighted by atomic mass is 16.6. The Hall–Kier alpha value is -2.40. The van der Waals surface area contributed by atoms with Crippen molar-refractivity contribution < 1.29 is 23.8 Å². The first-order chi connectivity index (χ1) is 35.6. The van der Waals surface area contributed by atoms with Gasteiger partial charge in [0, 0.05) is 19.4 Å². The van der Waals surface area contributed by atoms with Gasteiger partial charge in [0.05, 0.1) is 6.61 Å². The van der Waals surface area contributed by atoms with Crippen LogP contribution in [0, 0.1) is 0 Å². The second-order valence-electron chi connectivity index (χ2n) is 21.3. The third-order valence-electron chi connectivity index (χ3n) is 14.1. The number of hydrogen-bond acceptors (Lipinski definition) is 5.